The van der Waals surface area contributed by atoms with Crippen molar-refractivity contribution in [3.63, 3.8) is 0 Å². The van der Waals surface area contributed by atoms with E-state index in [2.05, 4.69) is 0 Å². The molecule has 12 heteroatoms. The van der Waals surface area contributed by atoms with Crippen LogP contribution >= 0.6 is 0 Å². The Labute approximate surface area is 97.9 Å². The van der Waals surface area contributed by atoms with Crippen molar-refractivity contribution < 1.29 is 51.5 Å². The van der Waals surface area contributed by atoms with Crippen LogP contribution in [0.4, 0.5) is 0 Å². The van der Waals surface area contributed by atoms with E-state index in [1.807, 2.05) is 0 Å². The number of hydrogen-bond donors (Lipinski definition) is 4. The Bertz CT molecular complexity index is 213. The minimum absolute atomic E-state index is 0. The van der Waals surface area contributed by atoms with Crippen LogP contribution < -0.4 is 0 Å². The number of rotatable bonds is 0. The molecule has 0 spiro atoms. The Morgan fingerprint density at radius 1 is 0.667 bits per heavy atom. The number of hydrogen-bond acceptors (Lipinski definition) is 4. The van der Waals surface area contributed by atoms with Crippen LogP contribution in [-0.2, 0) is 37.3 Å². The van der Waals surface area contributed by atoms with Gasteiger partial charge in [-0.2, -0.15) is 16.8 Å². The standard InChI is InChI=1S/Bi.Ni.2H2O4S.3H/c;;2*1-5(2,3)4;;;/h;;2*(H2,1,2,3,4);;;. The van der Waals surface area contributed by atoms with Gasteiger partial charge in [0, 0.05) is 16.5 Å². The fraction of sp³-hybridized carbons (Fsp3) is 0. The summed E-state index contributed by atoms with van der Waals surface area (Å²) in [6, 6.07) is 0. The molecule has 0 aliphatic rings. The molecule has 0 radical (unpaired) electrons. The molecule has 82 valence electrons. The topological polar surface area (TPSA) is 149 Å². The van der Waals surface area contributed by atoms with E-state index in [-0.39, 0.29) is 42.7 Å². The monoisotopic (exact) mass is 466 g/mol. The summed E-state index contributed by atoms with van der Waals surface area (Å²) in [5.74, 6) is 0. The van der Waals surface area contributed by atoms with Crippen LogP contribution in [0.5, 0.6) is 0 Å². The smallest absolute Gasteiger partial charge is 0 e. The maximum absolute atomic E-state index is 8.74. The Morgan fingerprint density at radius 2 is 0.667 bits per heavy atom. The van der Waals surface area contributed by atoms with Crippen LogP contribution in [0.2, 0.25) is 0 Å². The van der Waals surface area contributed by atoms with Crippen LogP contribution in [0.1, 0.15) is 0 Å². The summed E-state index contributed by atoms with van der Waals surface area (Å²) < 4.78 is 63.2. The Kier molecular flexibility index (Phi) is 16.8. The quantitative estimate of drug-likeness (QED) is 0.226. The molecule has 0 aliphatic heterocycles. The van der Waals surface area contributed by atoms with Gasteiger partial charge >= 0.3 is 47.0 Å². The summed E-state index contributed by atoms with van der Waals surface area (Å²) >= 11 is 0. The summed E-state index contributed by atoms with van der Waals surface area (Å²) in [5.41, 5.74) is 0. The summed E-state index contributed by atoms with van der Waals surface area (Å²) in [6.45, 7) is 0. The molecular formula is H7BiNiO8S2. The summed E-state index contributed by atoms with van der Waals surface area (Å²) in [4.78, 5) is 0. The van der Waals surface area contributed by atoms with Crippen molar-refractivity contribution in [2.75, 3.05) is 0 Å². The second kappa shape index (κ2) is 8.70. The van der Waals surface area contributed by atoms with E-state index >= 15 is 0 Å². The van der Waals surface area contributed by atoms with E-state index in [0.29, 0.717) is 0 Å². The van der Waals surface area contributed by atoms with Crippen LogP contribution in [0.15, 0.2) is 0 Å². The Morgan fingerprint density at radius 3 is 0.667 bits per heavy atom. The van der Waals surface area contributed by atoms with Gasteiger partial charge in [-0.3, -0.25) is 18.2 Å². The SMILES string of the molecule is O=S(=O)(O)O.O=S(=O)(O)O.[BiH3].[Ni]. The first-order valence-electron chi connectivity index (χ1n) is 1.40. The molecular weight excluding hydrogens is 460 g/mol. The van der Waals surface area contributed by atoms with Crippen LogP contribution in [0, 0.1) is 0 Å². The van der Waals surface area contributed by atoms with Gasteiger partial charge in [0.1, 0.15) is 0 Å². The molecule has 0 fully saturated rings. The van der Waals surface area contributed by atoms with Crippen molar-refractivity contribution in [3.05, 3.63) is 0 Å². The molecule has 0 heterocycles. The zero-order valence-electron chi connectivity index (χ0n) is 5.26. The normalized spacial score (nSPS) is 9.67. The van der Waals surface area contributed by atoms with Crippen molar-refractivity contribution in [1.29, 1.82) is 0 Å². The Hall–Kier alpha value is 1.12. The first-order chi connectivity index (χ1) is 4.00. The van der Waals surface area contributed by atoms with Crippen molar-refractivity contribution in [3.8, 4) is 0 Å². The van der Waals surface area contributed by atoms with Gasteiger partial charge in [0.2, 0.25) is 0 Å². The minimum atomic E-state index is -4.67. The third-order valence-electron chi connectivity index (χ3n) is 0. The molecule has 0 unspecified atom stereocenters. The van der Waals surface area contributed by atoms with E-state index in [1.165, 1.54) is 0 Å². The van der Waals surface area contributed by atoms with Gasteiger partial charge in [0.25, 0.3) is 0 Å². The molecule has 4 N–H and O–H groups in total. The maximum atomic E-state index is 8.74. The second-order valence-electron chi connectivity index (χ2n) is 0.896. The summed E-state index contributed by atoms with van der Waals surface area (Å²) in [6.07, 6.45) is 0. The predicted octanol–water partition coefficient (Wildman–Crippen LogP) is -2.49. The third kappa shape index (κ3) is 912. The zero-order valence-corrected chi connectivity index (χ0v) is 13.4. The molecule has 0 saturated heterocycles. The predicted molar refractivity (Wildman–Crippen MR) is 38.3 cm³/mol. The molecule has 12 heavy (non-hydrogen) atoms. The second-order valence-corrected chi connectivity index (χ2v) is 2.69. The molecule has 0 rings (SSSR count). The van der Waals surface area contributed by atoms with Gasteiger partial charge in [0.15, 0.2) is 0 Å². The molecule has 0 amide bonds. The largest absolute Gasteiger partial charge is 0 e. The average Bonchev–Trinajstić information content (AvgIpc) is 1.12. The molecule has 8 nitrogen and oxygen atoms in total. The summed E-state index contributed by atoms with van der Waals surface area (Å²) in [7, 11) is -9.33. The van der Waals surface area contributed by atoms with E-state index in [0.717, 1.165) is 0 Å². The van der Waals surface area contributed by atoms with E-state index in [4.69, 9.17) is 35.0 Å². The molecule has 0 bridgehead atoms. The molecule has 0 saturated carbocycles. The van der Waals surface area contributed by atoms with E-state index in [9.17, 15) is 0 Å². The Balaban J connectivity index is -0.0000000457. The molecule has 0 aromatic rings. The van der Waals surface area contributed by atoms with Crippen molar-refractivity contribution in [2.24, 2.45) is 0 Å². The third-order valence-corrected chi connectivity index (χ3v) is 0. The van der Waals surface area contributed by atoms with Crippen molar-refractivity contribution >= 4 is 47.0 Å². The van der Waals surface area contributed by atoms with Gasteiger partial charge in [-0.15, -0.1) is 0 Å². The zero-order chi connectivity index (χ0) is 9.00. The van der Waals surface area contributed by atoms with Crippen LogP contribution in [0.25, 0.3) is 0 Å². The van der Waals surface area contributed by atoms with E-state index < -0.39 is 20.8 Å². The van der Waals surface area contributed by atoms with Crippen molar-refractivity contribution in [1.82, 2.24) is 0 Å². The molecule has 0 aromatic heterocycles. The summed E-state index contributed by atoms with van der Waals surface area (Å²) in [5, 5.41) is 0. The van der Waals surface area contributed by atoms with Gasteiger partial charge < -0.3 is 0 Å². The van der Waals surface area contributed by atoms with Gasteiger partial charge in [-0.1, -0.05) is 0 Å². The van der Waals surface area contributed by atoms with Gasteiger partial charge in [-0.05, 0) is 0 Å². The first kappa shape index (κ1) is 23.2. The van der Waals surface area contributed by atoms with Crippen LogP contribution in [0.3, 0.4) is 0 Å². The van der Waals surface area contributed by atoms with Crippen LogP contribution in [-0.4, -0.2) is 61.3 Å². The molecule has 0 aliphatic carbocycles. The fourth-order valence-electron chi connectivity index (χ4n) is 0. The molecule has 0 aromatic carbocycles. The first-order valence-corrected chi connectivity index (χ1v) is 4.19. The fourth-order valence-corrected chi connectivity index (χ4v) is 0. The van der Waals surface area contributed by atoms with Gasteiger partial charge in [-0.25, -0.2) is 0 Å². The maximum Gasteiger partial charge on any atom is 0 e. The average molecular weight is 467 g/mol. The van der Waals surface area contributed by atoms with Gasteiger partial charge in [0.05, 0.1) is 0 Å². The van der Waals surface area contributed by atoms with Crippen molar-refractivity contribution in [2.45, 2.75) is 0 Å². The van der Waals surface area contributed by atoms with E-state index in [1.54, 1.807) is 0 Å². The minimum Gasteiger partial charge on any atom is 0 e. The molecule has 0 atom stereocenters.